The van der Waals surface area contributed by atoms with Crippen LogP contribution in [0.3, 0.4) is 0 Å². The van der Waals surface area contributed by atoms with Crippen molar-refractivity contribution in [2.24, 2.45) is 0 Å². The van der Waals surface area contributed by atoms with Gasteiger partial charge in [0.15, 0.2) is 12.0 Å². The summed E-state index contributed by atoms with van der Waals surface area (Å²) >= 11 is 6.81. The van der Waals surface area contributed by atoms with Crippen molar-refractivity contribution in [2.75, 3.05) is 24.4 Å². The van der Waals surface area contributed by atoms with Gasteiger partial charge < -0.3 is 19.2 Å². The Bertz CT molecular complexity index is 1700. The van der Waals surface area contributed by atoms with Crippen LogP contribution in [-0.2, 0) is 4.74 Å². The van der Waals surface area contributed by atoms with E-state index in [0.29, 0.717) is 33.5 Å². The SMILES string of the molecule is COc1cc(-n2cc(C)c(Nc3ccc4c(cnn4C4CCCCO4)c3Cl)n2)ccc1C(=O)Nc1nc(C)co1. The van der Waals surface area contributed by atoms with Gasteiger partial charge in [0.05, 0.1) is 46.5 Å². The molecule has 206 valence electrons. The minimum atomic E-state index is -0.396. The molecule has 12 heteroatoms. The number of carbonyl (C=O) groups is 1. The topological polar surface area (TPSA) is 121 Å². The molecule has 1 amide bonds. The molecule has 1 aliphatic rings. The van der Waals surface area contributed by atoms with Crippen LogP contribution in [0.1, 0.15) is 47.1 Å². The van der Waals surface area contributed by atoms with Crippen LogP contribution in [-0.4, -0.2) is 44.2 Å². The van der Waals surface area contributed by atoms with Crippen LogP contribution in [0.25, 0.3) is 16.6 Å². The molecule has 2 aromatic carbocycles. The Labute approximate surface area is 235 Å². The molecule has 0 spiro atoms. The van der Waals surface area contributed by atoms with E-state index in [2.05, 4.69) is 20.7 Å². The van der Waals surface area contributed by atoms with Crippen molar-refractivity contribution >= 4 is 45.9 Å². The molecule has 1 aliphatic heterocycles. The van der Waals surface area contributed by atoms with Crippen molar-refractivity contribution in [3.8, 4) is 11.4 Å². The maximum absolute atomic E-state index is 12.8. The molecule has 0 radical (unpaired) electrons. The van der Waals surface area contributed by atoms with E-state index in [1.54, 1.807) is 36.0 Å². The first kappa shape index (κ1) is 25.9. The van der Waals surface area contributed by atoms with Crippen LogP contribution < -0.4 is 15.4 Å². The van der Waals surface area contributed by atoms with Gasteiger partial charge in [-0.1, -0.05) is 11.6 Å². The van der Waals surface area contributed by atoms with E-state index in [-0.39, 0.29) is 12.2 Å². The summed E-state index contributed by atoms with van der Waals surface area (Å²) in [4.78, 5) is 16.9. The van der Waals surface area contributed by atoms with Gasteiger partial charge in [-0.3, -0.25) is 10.1 Å². The average Bonchev–Trinajstić information content (AvgIpc) is 3.69. The van der Waals surface area contributed by atoms with Gasteiger partial charge in [-0.2, -0.15) is 10.1 Å². The Morgan fingerprint density at radius 2 is 2.08 bits per heavy atom. The zero-order valence-corrected chi connectivity index (χ0v) is 23.0. The largest absolute Gasteiger partial charge is 0.496 e. The number of carbonyl (C=O) groups excluding carboxylic acids is 1. The van der Waals surface area contributed by atoms with Crippen LogP contribution in [0.4, 0.5) is 17.5 Å². The summed E-state index contributed by atoms with van der Waals surface area (Å²) in [6.07, 6.45) is 8.18. The molecule has 2 N–H and O–H groups in total. The maximum atomic E-state index is 12.8. The van der Waals surface area contributed by atoms with Gasteiger partial charge in [0.2, 0.25) is 0 Å². The number of nitrogens with zero attached hydrogens (tertiary/aromatic N) is 5. The molecule has 11 nitrogen and oxygen atoms in total. The normalized spacial score (nSPS) is 15.3. The monoisotopic (exact) mass is 561 g/mol. The highest BCUT2D eigenvalue weighted by Crippen LogP contribution is 2.36. The highest BCUT2D eigenvalue weighted by molar-refractivity contribution is 6.38. The summed E-state index contributed by atoms with van der Waals surface area (Å²) in [6.45, 7) is 4.47. The Balaban J connectivity index is 1.23. The van der Waals surface area contributed by atoms with E-state index in [0.717, 1.165) is 48.0 Å². The third-order valence-corrected chi connectivity index (χ3v) is 7.23. The lowest BCUT2D eigenvalue weighted by Crippen LogP contribution is -2.18. The number of oxazole rings is 1. The number of methoxy groups -OCH3 is 1. The molecule has 1 unspecified atom stereocenters. The predicted octanol–water partition coefficient (Wildman–Crippen LogP) is 6.18. The van der Waals surface area contributed by atoms with Crippen LogP contribution >= 0.6 is 11.6 Å². The van der Waals surface area contributed by atoms with E-state index in [1.807, 2.05) is 29.9 Å². The fourth-order valence-corrected chi connectivity index (χ4v) is 5.02. The number of fused-ring (bicyclic) bond motifs is 1. The summed E-state index contributed by atoms with van der Waals surface area (Å²) in [5.41, 5.74) is 4.27. The van der Waals surface area contributed by atoms with Crippen molar-refractivity contribution < 1.29 is 18.7 Å². The summed E-state index contributed by atoms with van der Waals surface area (Å²) in [5, 5.41) is 16.7. The molecular weight excluding hydrogens is 534 g/mol. The van der Waals surface area contributed by atoms with Crippen LogP contribution in [0, 0.1) is 13.8 Å². The molecule has 0 bridgehead atoms. The third-order valence-electron chi connectivity index (χ3n) is 6.83. The second-order valence-corrected chi connectivity index (χ2v) is 10.0. The number of hydrogen-bond donors (Lipinski definition) is 2. The van der Waals surface area contributed by atoms with E-state index >= 15 is 0 Å². The van der Waals surface area contributed by atoms with Crippen molar-refractivity contribution in [3.63, 3.8) is 0 Å². The highest BCUT2D eigenvalue weighted by atomic mass is 35.5. The molecule has 3 aromatic heterocycles. The van der Waals surface area contributed by atoms with Crippen LogP contribution in [0.15, 0.2) is 53.4 Å². The van der Waals surface area contributed by atoms with Gasteiger partial charge >= 0.3 is 6.01 Å². The number of halogens is 1. The van der Waals surface area contributed by atoms with E-state index in [4.69, 9.17) is 30.6 Å². The summed E-state index contributed by atoms with van der Waals surface area (Å²) in [5.74, 6) is 0.630. The first-order valence-corrected chi connectivity index (χ1v) is 13.3. The molecule has 0 saturated carbocycles. The predicted molar refractivity (Wildman–Crippen MR) is 151 cm³/mol. The van der Waals surface area contributed by atoms with Gasteiger partial charge in [0.1, 0.15) is 12.0 Å². The zero-order valence-electron chi connectivity index (χ0n) is 22.3. The lowest BCUT2D eigenvalue weighted by Gasteiger charge is -2.23. The first-order chi connectivity index (χ1) is 19.4. The van der Waals surface area contributed by atoms with E-state index in [1.165, 1.54) is 13.4 Å². The van der Waals surface area contributed by atoms with Gasteiger partial charge in [-0.15, -0.1) is 5.10 Å². The zero-order chi connectivity index (χ0) is 27.8. The second kappa shape index (κ2) is 10.7. The Morgan fingerprint density at radius 1 is 1.20 bits per heavy atom. The Morgan fingerprint density at radius 3 is 2.83 bits per heavy atom. The molecule has 5 aromatic rings. The van der Waals surface area contributed by atoms with Crippen molar-refractivity contribution in [1.29, 1.82) is 0 Å². The summed E-state index contributed by atoms with van der Waals surface area (Å²) in [6, 6.07) is 9.24. The van der Waals surface area contributed by atoms with E-state index in [9.17, 15) is 4.79 Å². The highest BCUT2D eigenvalue weighted by Gasteiger charge is 2.21. The van der Waals surface area contributed by atoms with Crippen molar-refractivity contribution in [3.05, 3.63) is 70.8 Å². The minimum absolute atomic E-state index is 0.0699. The lowest BCUT2D eigenvalue weighted by molar-refractivity contribution is -0.0366. The maximum Gasteiger partial charge on any atom is 0.301 e. The van der Waals surface area contributed by atoms with Gasteiger partial charge in [-0.05, 0) is 57.4 Å². The minimum Gasteiger partial charge on any atom is -0.496 e. The first-order valence-electron chi connectivity index (χ1n) is 12.9. The second-order valence-electron chi connectivity index (χ2n) is 9.63. The van der Waals surface area contributed by atoms with E-state index < -0.39 is 5.91 Å². The smallest absolute Gasteiger partial charge is 0.301 e. The van der Waals surface area contributed by atoms with Gasteiger partial charge in [0.25, 0.3) is 5.91 Å². The number of anilines is 3. The number of hydrogen-bond acceptors (Lipinski definition) is 8. The molecular formula is C28H28ClN7O4. The van der Waals surface area contributed by atoms with Gasteiger partial charge in [0, 0.05) is 29.8 Å². The standard InChI is InChI=1S/C28H28ClN7O4/c1-16-14-35(18-7-8-19(23(12-18)38-3)27(37)33-28-31-17(2)15-40-28)34-26(16)32-21-9-10-22-20(25(21)29)13-30-36(22)24-6-4-5-11-39-24/h7-10,12-15,24H,4-6,11H2,1-3H3,(H,32,34)(H,31,33,37). The van der Waals surface area contributed by atoms with Gasteiger partial charge in [-0.25, -0.2) is 9.36 Å². The quantitative estimate of drug-likeness (QED) is 0.241. The molecule has 4 heterocycles. The fraction of sp³-hybridized carbons (Fsp3) is 0.286. The number of nitrogens with one attached hydrogen (secondary N) is 2. The Kier molecular flexibility index (Phi) is 6.91. The van der Waals surface area contributed by atoms with Crippen LogP contribution in [0.5, 0.6) is 5.75 Å². The third kappa shape index (κ3) is 4.89. The molecule has 1 saturated heterocycles. The average molecular weight is 562 g/mol. The molecule has 1 atom stereocenters. The fourth-order valence-electron chi connectivity index (χ4n) is 4.76. The van der Waals surface area contributed by atoms with Crippen molar-refractivity contribution in [2.45, 2.75) is 39.3 Å². The molecule has 40 heavy (non-hydrogen) atoms. The van der Waals surface area contributed by atoms with Crippen LogP contribution in [0.2, 0.25) is 5.02 Å². The number of ether oxygens (including phenoxy) is 2. The summed E-state index contributed by atoms with van der Waals surface area (Å²) in [7, 11) is 1.51. The number of aromatic nitrogens is 5. The molecule has 1 fully saturated rings. The Hall–Kier alpha value is -4.35. The molecule has 6 rings (SSSR count). The molecule has 0 aliphatic carbocycles. The van der Waals surface area contributed by atoms with Crippen molar-refractivity contribution in [1.82, 2.24) is 24.5 Å². The number of aryl methyl sites for hydroxylation is 2. The lowest BCUT2D eigenvalue weighted by atomic mass is 10.1. The number of amides is 1. The number of benzene rings is 2. The summed E-state index contributed by atoms with van der Waals surface area (Å²) < 4.78 is 20.3. The number of rotatable bonds is 7.